The third-order valence-corrected chi connectivity index (χ3v) is 3.30. The van der Waals surface area contributed by atoms with Gasteiger partial charge in [-0.25, -0.2) is 4.98 Å². The Bertz CT molecular complexity index is 640. The molecule has 0 saturated heterocycles. The average Bonchev–Trinajstić information content (AvgIpc) is 2.96. The number of benzene rings is 1. The first-order chi connectivity index (χ1) is 11.1. The number of imidazole rings is 1. The van der Waals surface area contributed by atoms with Gasteiger partial charge in [-0.3, -0.25) is 4.79 Å². The number of nitrogens with zero attached hydrogens (tertiary/aromatic N) is 2. The molecule has 23 heavy (non-hydrogen) atoms. The molecular formula is C17H23N3O3. The number of hydrogen-bond acceptors (Lipinski definition) is 4. The zero-order valence-corrected chi connectivity index (χ0v) is 13.8. The Morgan fingerprint density at radius 1 is 1.30 bits per heavy atom. The second kappa shape index (κ2) is 8.33. The lowest BCUT2D eigenvalue weighted by molar-refractivity contribution is 0.0771. The van der Waals surface area contributed by atoms with Crippen LogP contribution in [0.4, 0.5) is 0 Å². The van der Waals surface area contributed by atoms with Crippen molar-refractivity contribution >= 4 is 5.91 Å². The fourth-order valence-corrected chi connectivity index (χ4v) is 2.17. The first-order valence-corrected chi connectivity index (χ1v) is 7.67. The number of carbonyl (C=O) groups is 1. The number of amides is 1. The minimum atomic E-state index is -0.105. The van der Waals surface area contributed by atoms with Crippen molar-refractivity contribution in [3.63, 3.8) is 0 Å². The van der Waals surface area contributed by atoms with Gasteiger partial charge in [0, 0.05) is 25.5 Å². The van der Waals surface area contributed by atoms with Gasteiger partial charge < -0.3 is 19.4 Å². The van der Waals surface area contributed by atoms with E-state index in [0.717, 1.165) is 11.5 Å². The maximum atomic E-state index is 12.6. The molecular weight excluding hydrogens is 294 g/mol. The van der Waals surface area contributed by atoms with E-state index in [0.29, 0.717) is 37.7 Å². The quantitative estimate of drug-likeness (QED) is 0.759. The minimum Gasteiger partial charge on any atom is -0.490 e. The Morgan fingerprint density at radius 2 is 2.09 bits per heavy atom. The molecule has 0 aliphatic heterocycles. The Kier molecular flexibility index (Phi) is 6.17. The van der Waals surface area contributed by atoms with E-state index in [1.807, 2.05) is 26.0 Å². The highest BCUT2D eigenvalue weighted by Crippen LogP contribution is 2.20. The lowest BCUT2D eigenvalue weighted by Crippen LogP contribution is -2.27. The molecule has 0 radical (unpaired) electrons. The smallest absolute Gasteiger partial charge is 0.257 e. The van der Waals surface area contributed by atoms with E-state index in [-0.39, 0.29) is 5.91 Å². The van der Waals surface area contributed by atoms with Gasteiger partial charge in [-0.1, -0.05) is 12.1 Å². The predicted molar refractivity (Wildman–Crippen MR) is 87.6 cm³/mol. The number of hydrogen-bond donors (Lipinski definition) is 1. The Balaban J connectivity index is 2.02. The van der Waals surface area contributed by atoms with Gasteiger partial charge in [-0.05, 0) is 26.0 Å². The summed E-state index contributed by atoms with van der Waals surface area (Å²) in [6.45, 7) is 5.84. The monoisotopic (exact) mass is 317 g/mol. The Morgan fingerprint density at radius 3 is 2.78 bits per heavy atom. The van der Waals surface area contributed by atoms with E-state index in [2.05, 4.69) is 9.97 Å². The van der Waals surface area contributed by atoms with Crippen molar-refractivity contribution in [1.29, 1.82) is 0 Å². The van der Waals surface area contributed by atoms with Crippen LogP contribution in [0.15, 0.2) is 30.5 Å². The van der Waals surface area contributed by atoms with E-state index >= 15 is 0 Å². The lowest BCUT2D eigenvalue weighted by Gasteiger charge is -2.18. The summed E-state index contributed by atoms with van der Waals surface area (Å²) in [6, 6.07) is 7.24. The summed E-state index contributed by atoms with van der Waals surface area (Å²) < 4.78 is 10.9. The molecule has 2 rings (SSSR count). The number of ether oxygens (including phenoxy) is 2. The van der Waals surface area contributed by atoms with Crippen LogP contribution in [-0.4, -0.2) is 47.6 Å². The first kappa shape index (κ1) is 17.0. The molecule has 0 saturated carbocycles. The third-order valence-electron chi connectivity index (χ3n) is 3.30. The summed E-state index contributed by atoms with van der Waals surface area (Å²) >= 11 is 0. The van der Waals surface area contributed by atoms with Crippen molar-refractivity contribution in [2.24, 2.45) is 0 Å². The molecule has 0 bridgehead atoms. The lowest BCUT2D eigenvalue weighted by atomic mass is 10.1. The molecule has 1 amide bonds. The number of aryl methyl sites for hydroxylation is 1. The minimum absolute atomic E-state index is 0.105. The number of aromatic amines is 1. The van der Waals surface area contributed by atoms with Crippen LogP contribution in [0.3, 0.4) is 0 Å². The Labute approximate surface area is 136 Å². The molecule has 6 nitrogen and oxygen atoms in total. The number of H-pyrrole nitrogens is 1. The molecule has 0 spiro atoms. The molecule has 1 aromatic carbocycles. The molecule has 6 heteroatoms. The van der Waals surface area contributed by atoms with Crippen molar-refractivity contribution in [3.05, 3.63) is 47.5 Å². The Hall–Kier alpha value is -2.34. The largest absolute Gasteiger partial charge is 0.490 e. The van der Waals surface area contributed by atoms with Crippen LogP contribution in [0, 0.1) is 6.92 Å². The highest BCUT2D eigenvalue weighted by Gasteiger charge is 2.17. The van der Waals surface area contributed by atoms with Gasteiger partial charge in [-0.15, -0.1) is 0 Å². The summed E-state index contributed by atoms with van der Waals surface area (Å²) in [7, 11) is 1.75. The molecule has 0 aliphatic rings. The molecule has 0 aliphatic carbocycles. The van der Waals surface area contributed by atoms with E-state index in [1.165, 1.54) is 0 Å². The first-order valence-electron chi connectivity index (χ1n) is 7.67. The van der Waals surface area contributed by atoms with Crippen LogP contribution in [0.25, 0.3) is 0 Å². The number of carbonyl (C=O) groups excluding carboxylic acids is 1. The van der Waals surface area contributed by atoms with Crippen LogP contribution in [-0.2, 0) is 11.3 Å². The fourth-order valence-electron chi connectivity index (χ4n) is 2.17. The van der Waals surface area contributed by atoms with Crippen LogP contribution in [0.1, 0.15) is 28.8 Å². The van der Waals surface area contributed by atoms with Gasteiger partial charge >= 0.3 is 0 Å². The molecule has 2 aromatic rings. The van der Waals surface area contributed by atoms with Gasteiger partial charge in [0.25, 0.3) is 5.91 Å². The summed E-state index contributed by atoms with van der Waals surface area (Å²) in [5.74, 6) is 1.22. The highest BCUT2D eigenvalue weighted by atomic mass is 16.5. The standard InChI is InChI=1S/C17H23N3O3/c1-4-22-9-10-23-15-8-6-5-7-14(15)17(21)20(3)12-16-18-11-13(2)19-16/h5-8,11H,4,9-10,12H2,1-3H3,(H,18,19). The summed E-state index contributed by atoms with van der Waals surface area (Å²) in [6.07, 6.45) is 1.75. The SMILES string of the molecule is CCOCCOc1ccccc1C(=O)N(C)Cc1ncc(C)[nH]1. The number of aromatic nitrogens is 2. The zero-order valence-electron chi connectivity index (χ0n) is 13.8. The molecule has 1 aromatic heterocycles. The van der Waals surface area contributed by atoms with Gasteiger partial charge in [-0.2, -0.15) is 0 Å². The number of rotatable bonds is 8. The van der Waals surface area contributed by atoms with E-state index in [9.17, 15) is 4.79 Å². The number of para-hydroxylation sites is 1. The van der Waals surface area contributed by atoms with Crippen molar-refractivity contribution in [2.45, 2.75) is 20.4 Å². The summed E-state index contributed by atoms with van der Waals surface area (Å²) in [4.78, 5) is 21.6. The highest BCUT2D eigenvalue weighted by molar-refractivity contribution is 5.96. The summed E-state index contributed by atoms with van der Waals surface area (Å²) in [5, 5.41) is 0. The predicted octanol–water partition coefficient (Wildman–Crippen LogP) is 2.41. The third kappa shape index (κ3) is 4.82. The van der Waals surface area contributed by atoms with E-state index < -0.39 is 0 Å². The molecule has 0 unspecified atom stereocenters. The fraction of sp³-hybridized carbons (Fsp3) is 0.412. The van der Waals surface area contributed by atoms with Crippen LogP contribution < -0.4 is 4.74 Å². The molecule has 0 fully saturated rings. The van der Waals surface area contributed by atoms with Crippen molar-refractivity contribution in [2.75, 3.05) is 26.9 Å². The van der Waals surface area contributed by atoms with Gasteiger partial charge in [0.15, 0.2) is 0 Å². The van der Waals surface area contributed by atoms with Gasteiger partial charge in [0.1, 0.15) is 18.2 Å². The van der Waals surface area contributed by atoms with Crippen LogP contribution in [0.5, 0.6) is 5.75 Å². The van der Waals surface area contributed by atoms with Crippen LogP contribution >= 0.6 is 0 Å². The normalized spacial score (nSPS) is 10.6. The van der Waals surface area contributed by atoms with Crippen molar-refractivity contribution < 1.29 is 14.3 Å². The molecule has 1 heterocycles. The average molecular weight is 317 g/mol. The molecule has 1 N–H and O–H groups in total. The van der Waals surface area contributed by atoms with E-state index in [4.69, 9.17) is 9.47 Å². The van der Waals surface area contributed by atoms with Gasteiger partial charge in [0.2, 0.25) is 0 Å². The molecule has 124 valence electrons. The second-order valence-corrected chi connectivity index (χ2v) is 5.22. The van der Waals surface area contributed by atoms with Crippen LogP contribution in [0.2, 0.25) is 0 Å². The van der Waals surface area contributed by atoms with Gasteiger partial charge in [0.05, 0.1) is 18.7 Å². The van der Waals surface area contributed by atoms with E-state index in [1.54, 1.807) is 30.3 Å². The van der Waals surface area contributed by atoms with Crippen molar-refractivity contribution in [1.82, 2.24) is 14.9 Å². The topological polar surface area (TPSA) is 67.5 Å². The maximum absolute atomic E-state index is 12.6. The zero-order chi connectivity index (χ0) is 16.7. The maximum Gasteiger partial charge on any atom is 0.257 e. The second-order valence-electron chi connectivity index (χ2n) is 5.22. The van der Waals surface area contributed by atoms with Crippen molar-refractivity contribution in [3.8, 4) is 5.75 Å². The number of nitrogens with one attached hydrogen (secondary N) is 1. The summed E-state index contributed by atoms with van der Waals surface area (Å²) in [5.41, 5.74) is 1.51. The molecule has 0 atom stereocenters.